The minimum absolute atomic E-state index is 0.322. The van der Waals surface area contributed by atoms with Gasteiger partial charge in [-0.1, -0.05) is 20.8 Å². The van der Waals surface area contributed by atoms with Crippen molar-refractivity contribution in [2.75, 3.05) is 0 Å². The largest absolute Gasteiger partial charge is 0.277 e. The predicted octanol–water partition coefficient (Wildman–Crippen LogP) is 2.74. The van der Waals surface area contributed by atoms with Crippen molar-refractivity contribution in [3.63, 3.8) is 0 Å². The van der Waals surface area contributed by atoms with Crippen molar-refractivity contribution in [3.8, 4) is 6.07 Å². The molecule has 0 spiro atoms. The Kier molecular flexibility index (Phi) is 2.46. The molecule has 0 radical (unpaired) electrons. The Morgan fingerprint density at radius 1 is 1.42 bits per heavy atom. The van der Waals surface area contributed by atoms with Crippen molar-refractivity contribution < 1.29 is 0 Å². The monoisotopic (exact) mass is 165 g/mol. The standard InChI is InChI=1S/C9H15N3/c1-4-8(5-7(2)3)9(6-10)11-12-9/h7-8H,4-5H2,1-3H3. The van der Waals surface area contributed by atoms with Crippen LogP contribution in [0.25, 0.3) is 0 Å². The van der Waals surface area contributed by atoms with Gasteiger partial charge in [0.15, 0.2) is 0 Å². The van der Waals surface area contributed by atoms with Gasteiger partial charge >= 0.3 is 0 Å². The molecule has 0 fully saturated rings. The van der Waals surface area contributed by atoms with E-state index < -0.39 is 5.66 Å². The average molecular weight is 165 g/mol. The molecule has 0 aromatic carbocycles. The highest BCUT2D eigenvalue weighted by atomic mass is 15.4. The first kappa shape index (κ1) is 9.18. The Morgan fingerprint density at radius 2 is 2.00 bits per heavy atom. The Balaban J connectivity index is 2.52. The van der Waals surface area contributed by atoms with Gasteiger partial charge in [-0.25, -0.2) is 0 Å². The van der Waals surface area contributed by atoms with Crippen LogP contribution in [0.5, 0.6) is 0 Å². The van der Waals surface area contributed by atoms with Gasteiger partial charge in [-0.3, -0.25) is 0 Å². The highest BCUT2D eigenvalue weighted by Crippen LogP contribution is 2.40. The molecule has 0 N–H and O–H groups in total. The second-order valence-electron chi connectivity index (χ2n) is 3.77. The van der Waals surface area contributed by atoms with E-state index in [0.717, 1.165) is 12.8 Å². The van der Waals surface area contributed by atoms with Gasteiger partial charge in [-0.2, -0.15) is 5.26 Å². The fourth-order valence-corrected chi connectivity index (χ4v) is 1.54. The summed E-state index contributed by atoms with van der Waals surface area (Å²) in [5.74, 6) is 0.939. The summed E-state index contributed by atoms with van der Waals surface area (Å²) >= 11 is 0. The van der Waals surface area contributed by atoms with E-state index in [-0.39, 0.29) is 0 Å². The van der Waals surface area contributed by atoms with Gasteiger partial charge in [-0.05, 0) is 18.8 Å². The number of hydrogen-bond acceptors (Lipinski definition) is 3. The van der Waals surface area contributed by atoms with Crippen LogP contribution in [0.2, 0.25) is 0 Å². The molecule has 3 nitrogen and oxygen atoms in total. The zero-order valence-electron chi connectivity index (χ0n) is 7.91. The SMILES string of the molecule is CCC(CC(C)C)C1(C#N)N=N1. The molecule has 0 amide bonds. The average Bonchev–Trinajstić information content (AvgIpc) is 2.80. The lowest BCUT2D eigenvalue weighted by atomic mass is 9.86. The summed E-state index contributed by atoms with van der Waals surface area (Å²) in [5.41, 5.74) is -0.654. The van der Waals surface area contributed by atoms with Crippen molar-refractivity contribution in [1.82, 2.24) is 0 Å². The summed E-state index contributed by atoms with van der Waals surface area (Å²) in [6.45, 7) is 6.42. The van der Waals surface area contributed by atoms with Gasteiger partial charge in [0, 0.05) is 5.92 Å². The van der Waals surface area contributed by atoms with E-state index in [4.69, 9.17) is 5.26 Å². The Morgan fingerprint density at radius 3 is 2.25 bits per heavy atom. The molecule has 3 heteroatoms. The molecule has 0 aromatic rings. The molecule has 1 aliphatic heterocycles. The number of rotatable bonds is 4. The van der Waals surface area contributed by atoms with E-state index in [1.807, 2.05) is 0 Å². The Labute approximate surface area is 73.5 Å². The van der Waals surface area contributed by atoms with Crippen LogP contribution in [-0.2, 0) is 0 Å². The van der Waals surface area contributed by atoms with Crippen molar-refractivity contribution in [2.24, 2.45) is 22.1 Å². The minimum Gasteiger partial charge on any atom is -0.193 e. The van der Waals surface area contributed by atoms with Crippen molar-refractivity contribution in [2.45, 2.75) is 39.3 Å². The molecule has 1 unspecified atom stereocenters. The summed E-state index contributed by atoms with van der Waals surface area (Å²) in [7, 11) is 0. The summed E-state index contributed by atoms with van der Waals surface area (Å²) in [4.78, 5) is 0. The maximum Gasteiger partial charge on any atom is 0.277 e. The second-order valence-corrected chi connectivity index (χ2v) is 3.77. The van der Waals surface area contributed by atoms with Crippen LogP contribution in [0.4, 0.5) is 0 Å². The third-order valence-electron chi connectivity index (χ3n) is 2.30. The first-order chi connectivity index (χ1) is 5.64. The molecule has 1 aliphatic rings. The third kappa shape index (κ3) is 1.63. The van der Waals surface area contributed by atoms with Crippen LogP contribution >= 0.6 is 0 Å². The molecule has 66 valence electrons. The van der Waals surface area contributed by atoms with Gasteiger partial charge < -0.3 is 0 Å². The van der Waals surface area contributed by atoms with E-state index in [1.165, 1.54) is 0 Å². The smallest absolute Gasteiger partial charge is 0.193 e. The Hall–Kier alpha value is -0.910. The molecule has 0 aromatic heterocycles. The van der Waals surface area contributed by atoms with Gasteiger partial charge in [0.25, 0.3) is 5.66 Å². The molecular weight excluding hydrogens is 150 g/mol. The van der Waals surface area contributed by atoms with E-state index >= 15 is 0 Å². The molecule has 1 atom stereocenters. The lowest BCUT2D eigenvalue weighted by Crippen LogP contribution is -2.23. The summed E-state index contributed by atoms with van der Waals surface area (Å²) < 4.78 is 0. The van der Waals surface area contributed by atoms with Crippen LogP contribution in [0, 0.1) is 23.2 Å². The highest BCUT2D eigenvalue weighted by molar-refractivity contribution is 5.15. The molecule has 0 aliphatic carbocycles. The third-order valence-corrected chi connectivity index (χ3v) is 2.30. The van der Waals surface area contributed by atoms with E-state index in [0.29, 0.717) is 11.8 Å². The van der Waals surface area contributed by atoms with Gasteiger partial charge in [0.2, 0.25) is 0 Å². The molecule has 0 saturated heterocycles. The van der Waals surface area contributed by atoms with Crippen LogP contribution in [0.3, 0.4) is 0 Å². The molecule has 0 bridgehead atoms. The van der Waals surface area contributed by atoms with E-state index in [1.54, 1.807) is 0 Å². The van der Waals surface area contributed by atoms with E-state index in [2.05, 4.69) is 37.1 Å². The van der Waals surface area contributed by atoms with Gasteiger partial charge in [0.05, 0.1) is 0 Å². The van der Waals surface area contributed by atoms with Gasteiger partial charge in [-0.15, -0.1) is 10.2 Å². The second kappa shape index (κ2) is 3.22. The topological polar surface area (TPSA) is 48.5 Å². The predicted molar refractivity (Wildman–Crippen MR) is 46.4 cm³/mol. The molecule has 0 saturated carbocycles. The lowest BCUT2D eigenvalue weighted by Gasteiger charge is -2.17. The number of nitrogens with zero attached hydrogens (tertiary/aromatic N) is 3. The molecule has 1 heterocycles. The molecule has 12 heavy (non-hydrogen) atoms. The fourth-order valence-electron chi connectivity index (χ4n) is 1.54. The zero-order valence-corrected chi connectivity index (χ0v) is 7.91. The fraction of sp³-hybridized carbons (Fsp3) is 0.889. The van der Waals surface area contributed by atoms with Crippen LogP contribution < -0.4 is 0 Å². The van der Waals surface area contributed by atoms with Crippen LogP contribution in [0.1, 0.15) is 33.6 Å². The quantitative estimate of drug-likeness (QED) is 0.631. The van der Waals surface area contributed by atoms with Crippen molar-refractivity contribution in [1.29, 1.82) is 5.26 Å². The van der Waals surface area contributed by atoms with Gasteiger partial charge in [0.1, 0.15) is 6.07 Å². The maximum atomic E-state index is 8.83. The van der Waals surface area contributed by atoms with Crippen molar-refractivity contribution in [3.05, 3.63) is 0 Å². The number of hydrogen-bond donors (Lipinski definition) is 0. The molecule has 1 rings (SSSR count). The summed E-state index contributed by atoms with van der Waals surface area (Å²) in [5, 5.41) is 16.5. The highest BCUT2D eigenvalue weighted by Gasteiger charge is 2.47. The van der Waals surface area contributed by atoms with Crippen LogP contribution in [-0.4, -0.2) is 5.66 Å². The maximum absolute atomic E-state index is 8.83. The normalized spacial score (nSPS) is 20.6. The first-order valence-electron chi connectivity index (χ1n) is 4.50. The van der Waals surface area contributed by atoms with Crippen molar-refractivity contribution >= 4 is 0 Å². The van der Waals surface area contributed by atoms with Crippen LogP contribution in [0.15, 0.2) is 10.2 Å². The van der Waals surface area contributed by atoms with E-state index in [9.17, 15) is 0 Å². The summed E-state index contributed by atoms with van der Waals surface area (Å²) in [6.07, 6.45) is 2.02. The molecular formula is C9H15N3. The lowest BCUT2D eigenvalue weighted by molar-refractivity contribution is 0.345. The number of nitriles is 1. The first-order valence-corrected chi connectivity index (χ1v) is 4.50. The Bertz CT molecular complexity index is 218. The minimum atomic E-state index is -0.654. The summed E-state index contributed by atoms with van der Waals surface area (Å²) in [6, 6.07) is 2.18. The zero-order chi connectivity index (χ0) is 9.19.